The molecule has 3 N–H and O–H groups in total. The average molecular weight is 276 g/mol. The number of benzene rings is 1. The van der Waals surface area contributed by atoms with E-state index < -0.39 is 5.60 Å². The van der Waals surface area contributed by atoms with Crippen molar-refractivity contribution in [1.82, 2.24) is 5.32 Å². The standard InChI is InChI=1S/C16H24N2O2/c1-3-9-16(2,20)11-18-15(19)13-8-10-17-14-7-5-4-6-12(13)14/h4-7,13,17,20H,3,8-11H2,1-2H3,(H,18,19). The van der Waals surface area contributed by atoms with Crippen LogP contribution in [0.1, 0.15) is 44.6 Å². The summed E-state index contributed by atoms with van der Waals surface area (Å²) in [6.45, 7) is 4.92. The van der Waals surface area contributed by atoms with Crippen molar-refractivity contribution in [3.05, 3.63) is 29.8 Å². The molecule has 1 aromatic rings. The van der Waals surface area contributed by atoms with E-state index in [0.29, 0.717) is 13.0 Å². The Balaban J connectivity index is 2.01. The predicted octanol–water partition coefficient (Wildman–Crippen LogP) is 2.25. The molecule has 2 rings (SSSR count). The van der Waals surface area contributed by atoms with Crippen molar-refractivity contribution >= 4 is 11.6 Å². The first-order chi connectivity index (χ1) is 9.53. The molecule has 4 heteroatoms. The molecule has 0 spiro atoms. The molecule has 1 aliphatic heterocycles. The number of anilines is 1. The van der Waals surface area contributed by atoms with Gasteiger partial charge in [-0.2, -0.15) is 0 Å². The van der Waals surface area contributed by atoms with Crippen LogP contribution in [0.15, 0.2) is 24.3 Å². The van der Waals surface area contributed by atoms with Gasteiger partial charge in [0.15, 0.2) is 0 Å². The van der Waals surface area contributed by atoms with Gasteiger partial charge in [0.05, 0.1) is 11.5 Å². The maximum Gasteiger partial charge on any atom is 0.227 e. The highest BCUT2D eigenvalue weighted by atomic mass is 16.3. The normalized spacial score (nSPS) is 20.4. The van der Waals surface area contributed by atoms with E-state index >= 15 is 0 Å². The zero-order chi connectivity index (χ0) is 14.6. The quantitative estimate of drug-likeness (QED) is 0.773. The molecule has 0 aliphatic carbocycles. The van der Waals surface area contributed by atoms with Crippen LogP contribution < -0.4 is 10.6 Å². The summed E-state index contributed by atoms with van der Waals surface area (Å²) in [4.78, 5) is 12.4. The summed E-state index contributed by atoms with van der Waals surface area (Å²) >= 11 is 0. The van der Waals surface area contributed by atoms with E-state index in [1.165, 1.54) is 0 Å². The van der Waals surface area contributed by atoms with Crippen LogP contribution in [0.5, 0.6) is 0 Å². The van der Waals surface area contributed by atoms with Crippen molar-refractivity contribution in [3.8, 4) is 0 Å². The van der Waals surface area contributed by atoms with E-state index in [1.54, 1.807) is 6.92 Å². The SMILES string of the molecule is CCCC(C)(O)CNC(=O)C1CCNc2ccccc21. The van der Waals surface area contributed by atoms with Gasteiger partial charge in [0.2, 0.25) is 5.91 Å². The molecule has 0 aromatic heterocycles. The lowest BCUT2D eigenvalue weighted by atomic mass is 9.90. The molecule has 110 valence electrons. The monoisotopic (exact) mass is 276 g/mol. The number of hydrogen-bond acceptors (Lipinski definition) is 3. The molecule has 20 heavy (non-hydrogen) atoms. The zero-order valence-electron chi connectivity index (χ0n) is 12.3. The third kappa shape index (κ3) is 3.51. The lowest BCUT2D eigenvalue weighted by Crippen LogP contribution is -2.43. The van der Waals surface area contributed by atoms with Crippen LogP contribution in [-0.4, -0.2) is 29.7 Å². The average Bonchev–Trinajstić information content (AvgIpc) is 2.44. The number of carbonyl (C=O) groups is 1. The fourth-order valence-corrected chi connectivity index (χ4v) is 2.77. The Morgan fingerprint density at radius 3 is 3.00 bits per heavy atom. The fourth-order valence-electron chi connectivity index (χ4n) is 2.77. The predicted molar refractivity (Wildman–Crippen MR) is 80.8 cm³/mol. The molecule has 0 saturated carbocycles. The van der Waals surface area contributed by atoms with Gasteiger partial charge in [-0.3, -0.25) is 4.79 Å². The molecule has 1 amide bonds. The number of hydrogen-bond donors (Lipinski definition) is 3. The van der Waals surface area contributed by atoms with Crippen molar-refractivity contribution < 1.29 is 9.90 Å². The molecule has 0 radical (unpaired) electrons. The van der Waals surface area contributed by atoms with E-state index in [2.05, 4.69) is 10.6 Å². The van der Waals surface area contributed by atoms with Gasteiger partial charge in [-0.25, -0.2) is 0 Å². The Bertz CT molecular complexity index is 471. The van der Waals surface area contributed by atoms with Crippen LogP contribution in [0.3, 0.4) is 0 Å². The molecule has 0 bridgehead atoms. The lowest BCUT2D eigenvalue weighted by molar-refractivity contribution is -0.123. The summed E-state index contributed by atoms with van der Waals surface area (Å²) < 4.78 is 0. The lowest BCUT2D eigenvalue weighted by Gasteiger charge is -2.28. The maximum atomic E-state index is 12.4. The Kier molecular flexibility index (Phi) is 4.65. The van der Waals surface area contributed by atoms with E-state index in [0.717, 1.165) is 30.6 Å². The molecule has 1 aromatic carbocycles. The largest absolute Gasteiger partial charge is 0.388 e. The summed E-state index contributed by atoms with van der Waals surface area (Å²) in [7, 11) is 0. The second-order valence-corrected chi connectivity index (χ2v) is 5.82. The first kappa shape index (κ1) is 14.9. The van der Waals surface area contributed by atoms with Gasteiger partial charge in [-0.05, 0) is 31.4 Å². The Morgan fingerprint density at radius 1 is 1.50 bits per heavy atom. The number of carbonyl (C=O) groups excluding carboxylic acids is 1. The van der Waals surface area contributed by atoms with E-state index in [1.807, 2.05) is 31.2 Å². The van der Waals surface area contributed by atoms with Gasteiger partial charge in [-0.15, -0.1) is 0 Å². The number of aliphatic hydroxyl groups is 1. The highest BCUT2D eigenvalue weighted by Gasteiger charge is 2.28. The fraction of sp³-hybridized carbons (Fsp3) is 0.562. The number of rotatable bonds is 5. The minimum absolute atomic E-state index is 0.00956. The van der Waals surface area contributed by atoms with Crippen LogP contribution >= 0.6 is 0 Å². The van der Waals surface area contributed by atoms with E-state index in [-0.39, 0.29) is 11.8 Å². The van der Waals surface area contributed by atoms with Crippen LogP contribution in [0.25, 0.3) is 0 Å². The summed E-state index contributed by atoms with van der Waals surface area (Å²) in [6, 6.07) is 7.93. The highest BCUT2D eigenvalue weighted by Crippen LogP contribution is 2.31. The van der Waals surface area contributed by atoms with Crippen molar-refractivity contribution in [2.24, 2.45) is 0 Å². The molecular weight excluding hydrogens is 252 g/mol. The molecular formula is C16H24N2O2. The van der Waals surface area contributed by atoms with Crippen molar-refractivity contribution in [3.63, 3.8) is 0 Å². The molecule has 0 fully saturated rings. The highest BCUT2D eigenvalue weighted by molar-refractivity contribution is 5.86. The minimum atomic E-state index is -0.823. The minimum Gasteiger partial charge on any atom is -0.388 e. The molecule has 2 unspecified atom stereocenters. The van der Waals surface area contributed by atoms with Gasteiger partial charge < -0.3 is 15.7 Å². The number of nitrogens with one attached hydrogen (secondary N) is 2. The summed E-state index contributed by atoms with van der Waals surface area (Å²) in [5, 5.41) is 16.3. The van der Waals surface area contributed by atoms with Crippen LogP contribution in [0, 0.1) is 0 Å². The maximum absolute atomic E-state index is 12.4. The molecule has 2 atom stereocenters. The smallest absolute Gasteiger partial charge is 0.227 e. The van der Waals surface area contributed by atoms with Gasteiger partial charge in [-0.1, -0.05) is 31.5 Å². The van der Waals surface area contributed by atoms with E-state index in [9.17, 15) is 9.90 Å². The second kappa shape index (κ2) is 6.27. The Labute approximate surface area is 120 Å². The van der Waals surface area contributed by atoms with Gasteiger partial charge in [0.25, 0.3) is 0 Å². The summed E-state index contributed by atoms with van der Waals surface area (Å²) in [5.41, 5.74) is 1.27. The van der Waals surface area contributed by atoms with Crippen molar-refractivity contribution in [2.75, 3.05) is 18.4 Å². The number of amides is 1. The van der Waals surface area contributed by atoms with Gasteiger partial charge in [0.1, 0.15) is 0 Å². The summed E-state index contributed by atoms with van der Waals surface area (Å²) in [5.74, 6) is -0.111. The summed E-state index contributed by atoms with van der Waals surface area (Å²) in [6.07, 6.45) is 2.38. The van der Waals surface area contributed by atoms with Crippen molar-refractivity contribution in [1.29, 1.82) is 0 Å². The van der Waals surface area contributed by atoms with Crippen LogP contribution in [0.2, 0.25) is 0 Å². The molecule has 1 heterocycles. The van der Waals surface area contributed by atoms with E-state index in [4.69, 9.17) is 0 Å². The van der Waals surface area contributed by atoms with Crippen LogP contribution in [0.4, 0.5) is 5.69 Å². The molecule has 0 saturated heterocycles. The molecule has 1 aliphatic rings. The topological polar surface area (TPSA) is 61.4 Å². The third-order valence-corrected chi connectivity index (χ3v) is 3.83. The van der Waals surface area contributed by atoms with Crippen LogP contribution in [-0.2, 0) is 4.79 Å². The first-order valence-electron chi connectivity index (χ1n) is 7.36. The number of fused-ring (bicyclic) bond motifs is 1. The third-order valence-electron chi connectivity index (χ3n) is 3.83. The second-order valence-electron chi connectivity index (χ2n) is 5.82. The molecule has 4 nitrogen and oxygen atoms in total. The van der Waals surface area contributed by atoms with Gasteiger partial charge >= 0.3 is 0 Å². The zero-order valence-corrected chi connectivity index (χ0v) is 12.3. The Hall–Kier alpha value is -1.55. The number of para-hydroxylation sites is 1. The van der Waals surface area contributed by atoms with Gasteiger partial charge in [0, 0.05) is 18.8 Å². The Morgan fingerprint density at radius 2 is 2.25 bits per heavy atom. The first-order valence-corrected chi connectivity index (χ1v) is 7.36. The van der Waals surface area contributed by atoms with Crippen molar-refractivity contribution in [2.45, 2.75) is 44.6 Å².